The summed E-state index contributed by atoms with van der Waals surface area (Å²) in [5.74, 6) is 0.301. The van der Waals surface area contributed by atoms with Gasteiger partial charge in [-0.05, 0) is 32.0 Å². The summed E-state index contributed by atoms with van der Waals surface area (Å²) in [5, 5.41) is 3.66. The first-order valence-corrected chi connectivity index (χ1v) is 6.90. The van der Waals surface area contributed by atoms with Gasteiger partial charge in [-0.3, -0.25) is 4.79 Å². The highest BCUT2D eigenvalue weighted by Gasteiger charge is 2.04. The van der Waals surface area contributed by atoms with E-state index in [-0.39, 0.29) is 5.91 Å². The summed E-state index contributed by atoms with van der Waals surface area (Å²) in [6.45, 7) is 3.91. The fraction of sp³-hybridized carbons (Fsp3) is 0.214. The standard InChI is InChI=1S/C14H15N3OS/c1-10-3-5-12(6-4-10)17-13(18)8-19-14-7-11(2)15-9-16-14/h3-7,9H,8H2,1-2H3,(H,17,18). The van der Waals surface area contributed by atoms with E-state index in [1.807, 2.05) is 44.2 Å². The molecule has 0 aliphatic heterocycles. The van der Waals surface area contributed by atoms with Crippen LogP contribution in [0.5, 0.6) is 0 Å². The van der Waals surface area contributed by atoms with E-state index in [1.54, 1.807) is 0 Å². The fourth-order valence-corrected chi connectivity index (χ4v) is 2.21. The molecule has 1 heterocycles. The molecule has 0 radical (unpaired) electrons. The molecule has 0 bridgehead atoms. The lowest BCUT2D eigenvalue weighted by Crippen LogP contribution is -2.14. The van der Waals surface area contributed by atoms with Gasteiger partial charge in [-0.1, -0.05) is 29.5 Å². The van der Waals surface area contributed by atoms with Gasteiger partial charge >= 0.3 is 0 Å². The Morgan fingerprint density at radius 2 is 1.95 bits per heavy atom. The van der Waals surface area contributed by atoms with Crippen molar-refractivity contribution in [2.45, 2.75) is 18.9 Å². The lowest BCUT2D eigenvalue weighted by Gasteiger charge is -2.05. The molecular weight excluding hydrogens is 258 g/mol. The molecule has 0 unspecified atom stereocenters. The fourth-order valence-electron chi connectivity index (χ4n) is 1.48. The molecule has 0 fully saturated rings. The van der Waals surface area contributed by atoms with E-state index < -0.39 is 0 Å². The van der Waals surface area contributed by atoms with Gasteiger partial charge in [0.25, 0.3) is 0 Å². The number of aromatic nitrogens is 2. The average molecular weight is 273 g/mol. The van der Waals surface area contributed by atoms with Gasteiger partial charge in [-0.15, -0.1) is 0 Å². The van der Waals surface area contributed by atoms with Crippen molar-refractivity contribution in [3.63, 3.8) is 0 Å². The van der Waals surface area contributed by atoms with Gasteiger partial charge in [0.2, 0.25) is 5.91 Å². The molecule has 1 amide bonds. The molecule has 2 rings (SSSR count). The van der Waals surface area contributed by atoms with Gasteiger partial charge < -0.3 is 5.32 Å². The number of benzene rings is 1. The number of anilines is 1. The Labute approximate surface area is 116 Å². The van der Waals surface area contributed by atoms with E-state index in [9.17, 15) is 4.79 Å². The van der Waals surface area contributed by atoms with Crippen molar-refractivity contribution in [2.24, 2.45) is 0 Å². The largest absolute Gasteiger partial charge is 0.325 e. The number of aryl methyl sites for hydroxylation is 2. The number of amides is 1. The van der Waals surface area contributed by atoms with E-state index in [0.717, 1.165) is 16.4 Å². The Hall–Kier alpha value is -1.88. The first kappa shape index (κ1) is 13.5. The molecule has 4 nitrogen and oxygen atoms in total. The van der Waals surface area contributed by atoms with Gasteiger partial charge in [-0.2, -0.15) is 0 Å². The van der Waals surface area contributed by atoms with Gasteiger partial charge in [0.15, 0.2) is 0 Å². The third kappa shape index (κ3) is 4.37. The topological polar surface area (TPSA) is 54.9 Å². The molecule has 98 valence electrons. The monoisotopic (exact) mass is 273 g/mol. The van der Waals surface area contributed by atoms with E-state index in [0.29, 0.717) is 5.75 Å². The zero-order valence-corrected chi connectivity index (χ0v) is 11.7. The SMILES string of the molecule is Cc1ccc(NC(=O)CSc2cc(C)ncn2)cc1. The maximum absolute atomic E-state index is 11.8. The second-order valence-corrected chi connectivity index (χ2v) is 5.20. The Morgan fingerprint density at radius 1 is 1.21 bits per heavy atom. The number of hydrogen-bond donors (Lipinski definition) is 1. The van der Waals surface area contributed by atoms with Crippen LogP contribution in [0.15, 0.2) is 41.7 Å². The number of nitrogens with one attached hydrogen (secondary N) is 1. The van der Waals surface area contributed by atoms with Gasteiger partial charge in [0, 0.05) is 11.4 Å². The zero-order chi connectivity index (χ0) is 13.7. The number of thioether (sulfide) groups is 1. The minimum Gasteiger partial charge on any atom is -0.325 e. The van der Waals surface area contributed by atoms with Crippen molar-refractivity contribution in [1.82, 2.24) is 9.97 Å². The molecule has 2 aromatic rings. The molecular formula is C14H15N3OS. The van der Waals surface area contributed by atoms with Crippen LogP contribution in [0.25, 0.3) is 0 Å². The highest BCUT2D eigenvalue weighted by atomic mass is 32.2. The molecule has 0 aliphatic rings. The number of nitrogens with zero attached hydrogens (tertiary/aromatic N) is 2. The highest BCUT2D eigenvalue weighted by Crippen LogP contribution is 2.15. The smallest absolute Gasteiger partial charge is 0.234 e. The predicted molar refractivity (Wildman–Crippen MR) is 77.3 cm³/mol. The Balaban J connectivity index is 1.86. The quantitative estimate of drug-likeness (QED) is 0.687. The van der Waals surface area contributed by atoms with Crippen LogP contribution in [0.1, 0.15) is 11.3 Å². The molecule has 1 aromatic carbocycles. The molecule has 5 heteroatoms. The summed E-state index contributed by atoms with van der Waals surface area (Å²) >= 11 is 1.40. The minimum absolute atomic E-state index is 0.0369. The normalized spacial score (nSPS) is 10.2. The predicted octanol–water partition coefficient (Wildman–Crippen LogP) is 2.82. The Kier molecular flexibility index (Phi) is 4.52. The summed E-state index contributed by atoms with van der Waals surface area (Å²) in [6, 6.07) is 9.59. The lowest BCUT2D eigenvalue weighted by molar-refractivity contribution is -0.113. The molecule has 0 saturated heterocycles. The average Bonchev–Trinajstić information content (AvgIpc) is 2.39. The van der Waals surface area contributed by atoms with Crippen LogP contribution < -0.4 is 5.32 Å². The van der Waals surface area contributed by atoms with Gasteiger partial charge in [0.05, 0.1) is 5.75 Å². The maximum atomic E-state index is 11.8. The lowest BCUT2D eigenvalue weighted by atomic mass is 10.2. The summed E-state index contributed by atoms with van der Waals surface area (Å²) in [4.78, 5) is 19.9. The highest BCUT2D eigenvalue weighted by molar-refractivity contribution is 7.99. The van der Waals surface area contributed by atoms with Crippen LogP contribution in [0, 0.1) is 13.8 Å². The first-order chi connectivity index (χ1) is 9.13. The molecule has 19 heavy (non-hydrogen) atoms. The summed E-state index contributed by atoms with van der Waals surface area (Å²) in [5.41, 5.74) is 2.88. The van der Waals surface area contributed by atoms with Crippen molar-refractivity contribution < 1.29 is 4.79 Å². The number of carbonyl (C=O) groups is 1. The van der Waals surface area contributed by atoms with E-state index >= 15 is 0 Å². The summed E-state index contributed by atoms with van der Waals surface area (Å²) in [7, 11) is 0. The van der Waals surface area contributed by atoms with E-state index in [1.165, 1.54) is 23.7 Å². The Bertz CT molecular complexity index is 569. The molecule has 0 saturated carbocycles. The Morgan fingerprint density at radius 3 is 2.63 bits per heavy atom. The maximum Gasteiger partial charge on any atom is 0.234 e. The zero-order valence-electron chi connectivity index (χ0n) is 10.9. The van der Waals surface area contributed by atoms with Crippen molar-refractivity contribution in [2.75, 3.05) is 11.1 Å². The van der Waals surface area contributed by atoms with Crippen molar-refractivity contribution in [1.29, 1.82) is 0 Å². The second-order valence-electron chi connectivity index (χ2n) is 4.20. The molecule has 1 aromatic heterocycles. The van der Waals surface area contributed by atoms with Crippen LogP contribution >= 0.6 is 11.8 Å². The van der Waals surface area contributed by atoms with Crippen LogP contribution in [-0.2, 0) is 4.79 Å². The van der Waals surface area contributed by atoms with Crippen molar-refractivity contribution in [3.8, 4) is 0 Å². The van der Waals surface area contributed by atoms with Gasteiger partial charge in [-0.25, -0.2) is 9.97 Å². The van der Waals surface area contributed by atoms with Crippen LogP contribution in [0.3, 0.4) is 0 Å². The summed E-state index contributed by atoms with van der Waals surface area (Å²) < 4.78 is 0. The third-order valence-electron chi connectivity index (χ3n) is 2.47. The molecule has 0 atom stereocenters. The molecule has 1 N–H and O–H groups in total. The third-order valence-corrected chi connectivity index (χ3v) is 3.39. The first-order valence-electron chi connectivity index (χ1n) is 5.91. The molecule has 0 spiro atoms. The van der Waals surface area contributed by atoms with E-state index in [4.69, 9.17) is 0 Å². The summed E-state index contributed by atoms with van der Waals surface area (Å²) in [6.07, 6.45) is 1.51. The number of carbonyl (C=O) groups excluding carboxylic acids is 1. The van der Waals surface area contributed by atoms with Crippen LogP contribution in [-0.4, -0.2) is 21.6 Å². The minimum atomic E-state index is -0.0369. The van der Waals surface area contributed by atoms with Crippen molar-refractivity contribution >= 4 is 23.4 Å². The number of rotatable bonds is 4. The van der Waals surface area contributed by atoms with Gasteiger partial charge in [0.1, 0.15) is 11.4 Å². The molecule has 0 aliphatic carbocycles. The van der Waals surface area contributed by atoms with Crippen LogP contribution in [0.4, 0.5) is 5.69 Å². The van der Waals surface area contributed by atoms with E-state index in [2.05, 4.69) is 15.3 Å². The number of hydrogen-bond acceptors (Lipinski definition) is 4. The van der Waals surface area contributed by atoms with Crippen molar-refractivity contribution in [3.05, 3.63) is 47.9 Å². The second kappa shape index (κ2) is 6.33. The van der Waals surface area contributed by atoms with Crippen LogP contribution in [0.2, 0.25) is 0 Å².